The summed E-state index contributed by atoms with van der Waals surface area (Å²) in [5, 5.41) is 3.53. The fourth-order valence-corrected chi connectivity index (χ4v) is 3.21. The summed E-state index contributed by atoms with van der Waals surface area (Å²) in [4.78, 5) is 14.7. The van der Waals surface area contributed by atoms with E-state index in [1.807, 2.05) is 11.8 Å². The summed E-state index contributed by atoms with van der Waals surface area (Å²) >= 11 is 0. The van der Waals surface area contributed by atoms with E-state index in [4.69, 9.17) is 4.74 Å². The molecule has 1 amide bonds. The van der Waals surface area contributed by atoms with Crippen LogP contribution in [0, 0.1) is 0 Å². The maximum Gasteiger partial charge on any atom is 0.243 e. The standard InChI is InChI=1S/C15H28N2O2/c1-5-8-12-16-14(3,6-2)13(18)17(12)11-15(19-4)9-7-10-15/h12,16H,5-11H2,1-4H3. The molecule has 0 aromatic carbocycles. The van der Waals surface area contributed by atoms with Crippen LogP contribution in [-0.4, -0.2) is 41.8 Å². The zero-order valence-corrected chi connectivity index (χ0v) is 12.8. The van der Waals surface area contributed by atoms with Gasteiger partial charge in [-0.1, -0.05) is 20.3 Å². The Hall–Kier alpha value is -0.610. The number of amides is 1. The molecule has 0 radical (unpaired) electrons. The van der Waals surface area contributed by atoms with Crippen molar-refractivity contribution < 1.29 is 9.53 Å². The Labute approximate surface area is 116 Å². The normalized spacial score (nSPS) is 33.6. The second-order valence-electron chi connectivity index (χ2n) is 6.31. The first-order valence-corrected chi connectivity index (χ1v) is 7.64. The van der Waals surface area contributed by atoms with Gasteiger partial charge in [-0.15, -0.1) is 0 Å². The Morgan fingerprint density at radius 1 is 1.42 bits per heavy atom. The smallest absolute Gasteiger partial charge is 0.243 e. The van der Waals surface area contributed by atoms with E-state index in [0.29, 0.717) is 0 Å². The summed E-state index contributed by atoms with van der Waals surface area (Å²) in [7, 11) is 1.78. The molecule has 0 spiro atoms. The van der Waals surface area contributed by atoms with Crippen LogP contribution in [0.1, 0.15) is 59.3 Å². The van der Waals surface area contributed by atoms with Gasteiger partial charge in [-0.3, -0.25) is 10.1 Å². The molecule has 4 nitrogen and oxygen atoms in total. The molecule has 4 heteroatoms. The predicted octanol–water partition coefficient (Wildman–Crippen LogP) is 2.28. The molecule has 1 aliphatic heterocycles. The topological polar surface area (TPSA) is 41.6 Å². The molecule has 110 valence electrons. The highest BCUT2D eigenvalue weighted by Gasteiger charge is 2.50. The van der Waals surface area contributed by atoms with Gasteiger partial charge < -0.3 is 9.64 Å². The number of rotatable bonds is 6. The van der Waals surface area contributed by atoms with Crippen LogP contribution in [0.5, 0.6) is 0 Å². The summed E-state index contributed by atoms with van der Waals surface area (Å²) in [6, 6.07) is 0. The van der Waals surface area contributed by atoms with E-state index >= 15 is 0 Å². The molecule has 1 aliphatic carbocycles. The molecule has 1 N–H and O–H groups in total. The van der Waals surface area contributed by atoms with Crippen LogP contribution in [0.3, 0.4) is 0 Å². The Balaban J connectivity index is 2.13. The van der Waals surface area contributed by atoms with Crippen molar-refractivity contribution in [3.05, 3.63) is 0 Å². The Morgan fingerprint density at radius 3 is 2.53 bits per heavy atom. The Kier molecular flexibility index (Phi) is 4.21. The lowest BCUT2D eigenvalue weighted by atomic mass is 9.79. The quantitative estimate of drug-likeness (QED) is 0.803. The summed E-state index contributed by atoms with van der Waals surface area (Å²) < 4.78 is 5.69. The molecule has 0 aromatic heterocycles. The van der Waals surface area contributed by atoms with Crippen LogP contribution in [0.25, 0.3) is 0 Å². The maximum absolute atomic E-state index is 12.7. The summed E-state index contributed by atoms with van der Waals surface area (Å²) in [6.45, 7) is 7.02. The van der Waals surface area contributed by atoms with Crippen molar-refractivity contribution in [2.45, 2.75) is 76.6 Å². The third-order valence-electron chi connectivity index (χ3n) is 5.02. The van der Waals surface area contributed by atoms with Gasteiger partial charge in [-0.2, -0.15) is 0 Å². The van der Waals surface area contributed by atoms with Crippen molar-refractivity contribution in [1.29, 1.82) is 0 Å². The number of hydrogen-bond acceptors (Lipinski definition) is 3. The summed E-state index contributed by atoms with van der Waals surface area (Å²) in [5.74, 6) is 0.247. The SMILES string of the molecule is CCCC1NC(C)(CC)C(=O)N1CC1(OC)CCC1. The molecule has 1 heterocycles. The van der Waals surface area contributed by atoms with E-state index < -0.39 is 5.54 Å². The van der Waals surface area contributed by atoms with E-state index in [1.165, 1.54) is 6.42 Å². The molecule has 0 bridgehead atoms. The van der Waals surface area contributed by atoms with Crippen molar-refractivity contribution >= 4 is 5.91 Å². The van der Waals surface area contributed by atoms with Crippen molar-refractivity contribution in [3.63, 3.8) is 0 Å². The number of nitrogens with zero attached hydrogens (tertiary/aromatic N) is 1. The van der Waals surface area contributed by atoms with Gasteiger partial charge in [0.25, 0.3) is 0 Å². The first-order chi connectivity index (χ1) is 9.00. The van der Waals surface area contributed by atoms with Crippen molar-refractivity contribution in [1.82, 2.24) is 10.2 Å². The molecule has 2 aliphatic rings. The van der Waals surface area contributed by atoms with Crippen LogP contribution in [0.2, 0.25) is 0 Å². The van der Waals surface area contributed by atoms with Crippen LogP contribution in [0.15, 0.2) is 0 Å². The van der Waals surface area contributed by atoms with Crippen LogP contribution in [-0.2, 0) is 9.53 Å². The third-order valence-corrected chi connectivity index (χ3v) is 5.02. The molecule has 1 saturated heterocycles. The van der Waals surface area contributed by atoms with E-state index in [0.717, 1.165) is 38.6 Å². The van der Waals surface area contributed by atoms with Gasteiger partial charge >= 0.3 is 0 Å². The highest BCUT2D eigenvalue weighted by Crippen LogP contribution is 2.38. The minimum atomic E-state index is -0.390. The van der Waals surface area contributed by atoms with Crippen LogP contribution in [0.4, 0.5) is 0 Å². The monoisotopic (exact) mass is 268 g/mol. The molecule has 2 fully saturated rings. The van der Waals surface area contributed by atoms with Crippen LogP contribution >= 0.6 is 0 Å². The molecule has 2 unspecified atom stereocenters. The third kappa shape index (κ3) is 2.52. The van der Waals surface area contributed by atoms with E-state index in [1.54, 1.807) is 7.11 Å². The number of ether oxygens (including phenoxy) is 1. The van der Waals surface area contributed by atoms with Crippen molar-refractivity contribution in [2.75, 3.05) is 13.7 Å². The Bertz CT molecular complexity index is 336. The molecular formula is C15H28N2O2. The highest BCUT2D eigenvalue weighted by molar-refractivity contribution is 5.88. The van der Waals surface area contributed by atoms with Gasteiger partial charge in [0.05, 0.1) is 23.9 Å². The van der Waals surface area contributed by atoms with Gasteiger partial charge in [0.2, 0.25) is 5.91 Å². The average molecular weight is 268 g/mol. The van der Waals surface area contributed by atoms with Gasteiger partial charge in [-0.05, 0) is 39.0 Å². The molecule has 2 atom stereocenters. The molecule has 19 heavy (non-hydrogen) atoms. The minimum Gasteiger partial charge on any atom is -0.376 e. The van der Waals surface area contributed by atoms with Crippen molar-refractivity contribution in [3.8, 4) is 0 Å². The first-order valence-electron chi connectivity index (χ1n) is 7.64. The average Bonchev–Trinajstić information content (AvgIpc) is 2.59. The predicted molar refractivity (Wildman–Crippen MR) is 75.8 cm³/mol. The first kappa shape index (κ1) is 14.8. The maximum atomic E-state index is 12.7. The second-order valence-corrected chi connectivity index (χ2v) is 6.31. The van der Waals surface area contributed by atoms with E-state index in [2.05, 4.69) is 19.2 Å². The van der Waals surface area contributed by atoms with Gasteiger partial charge in [0, 0.05) is 7.11 Å². The van der Waals surface area contributed by atoms with Gasteiger partial charge in [0.15, 0.2) is 0 Å². The summed E-state index contributed by atoms with van der Waals surface area (Å²) in [6.07, 6.45) is 6.48. The minimum absolute atomic E-state index is 0.0810. The number of carbonyl (C=O) groups excluding carboxylic acids is 1. The molecule has 1 saturated carbocycles. The number of hydrogen-bond donors (Lipinski definition) is 1. The zero-order valence-electron chi connectivity index (χ0n) is 12.8. The molecule has 2 rings (SSSR count). The number of methoxy groups -OCH3 is 1. The molecule has 0 aromatic rings. The van der Waals surface area contributed by atoms with E-state index in [-0.39, 0.29) is 17.7 Å². The number of nitrogens with one attached hydrogen (secondary N) is 1. The summed E-state index contributed by atoms with van der Waals surface area (Å²) in [5.41, 5.74) is -0.471. The molecular weight excluding hydrogens is 240 g/mol. The Morgan fingerprint density at radius 2 is 2.11 bits per heavy atom. The second kappa shape index (κ2) is 5.41. The highest BCUT2D eigenvalue weighted by atomic mass is 16.5. The van der Waals surface area contributed by atoms with Gasteiger partial charge in [0.1, 0.15) is 0 Å². The lowest BCUT2D eigenvalue weighted by Crippen LogP contribution is -2.53. The van der Waals surface area contributed by atoms with E-state index in [9.17, 15) is 4.79 Å². The fraction of sp³-hybridized carbons (Fsp3) is 0.933. The lowest BCUT2D eigenvalue weighted by molar-refractivity contribution is -0.142. The van der Waals surface area contributed by atoms with Crippen molar-refractivity contribution in [2.24, 2.45) is 0 Å². The largest absolute Gasteiger partial charge is 0.376 e. The zero-order chi connectivity index (χ0) is 14.1. The fourth-order valence-electron chi connectivity index (χ4n) is 3.21. The van der Waals surface area contributed by atoms with Crippen LogP contribution < -0.4 is 5.32 Å². The lowest BCUT2D eigenvalue weighted by Gasteiger charge is -2.44. The van der Waals surface area contributed by atoms with Gasteiger partial charge in [-0.25, -0.2) is 0 Å². The number of carbonyl (C=O) groups is 1.